The average Bonchev–Trinajstić information content (AvgIpc) is 3.10. The molecule has 0 spiro atoms. The highest BCUT2D eigenvalue weighted by atomic mass is 16.2. The van der Waals surface area contributed by atoms with Gasteiger partial charge < -0.3 is 10.2 Å². The van der Waals surface area contributed by atoms with Gasteiger partial charge in [-0.05, 0) is 24.8 Å². The second-order valence-corrected chi connectivity index (χ2v) is 8.40. The molecule has 27 heavy (non-hydrogen) atoms. The lowest BCUT2D eigenvalue weighted by molar-refractivity contribution is -0.130. The van der Waals surface area contributed by atoms with Crippen molar-refractivity contribution in [1.29, 1.82) is 0 Å². The van der Waals surface area contributed by atoms with Gasteiger partial charge in [0.2, 0.25) is 11.8 Å². The van der Waals surface area contributed by atoms with Crippen LogP contribution in [0.2, 0.25) is 0 Å². The summed E-state index contributed by atoms with van der Waals surface area (Å²) in [5, 5.41) is 2.82. The van der Waals surface area contributed by atoms with Crippen LogP contribution in [0.4, 0.5) is 0 Å². The monoisotopic (exact) mass is 374 g/mol. The van der Waals surface area contributed by atoms with Gasteiger partial charge in [-0.25, -0.2) is 0 Å². The summed E-state index contributed by atoms with van der Waals surface area (Å²) in [6.45, 7) is 6.73. The summed E-state index contributed by atoms with van der Waals surface area (Å²) < 4.78 is 0. The summed E-state index contributed by atoms with van der Waals surface area (Å²) in [6, 6.07) is 11.2. The van der Waals surface area contributed by atoms with Gasteiger partial charge in [-0.1, -0.05) is 51.1 Å². The Bertz CT molecular complexity index is 612. The van der Waals surface area contributed by atoms with Gasteiger partial charge in [-0.15, -0.1) is 0 Å². The molecule has 2 amide bonds. The van der Waals surface area contributed by atoms with Crippen LogP contribution in [0.5, 0.6) is 0 Å². The SMILES string of the molecule is CN(CCCC1CC(c2ccccc2)NN1)C(=O)CCNC(=O)C(C)(C)C. The Morgan fingerprint density at radius 2 is 1.89 bits per heavy atom. The van der Waals surface area contributed by atoms with E-state index in [2.05, 4.69) is 40.4 Å². The van der Waals surface area contributed by atoms with Crippen molar-refractivity contribution in [2.24, 2.45) is 5.41 Å². The number of carbonyl (C=O) groups excluding carboxylic acids is 2. The lowest BCUT2D eigenvalue weighted by Gasteiger charge is -2.20. The smallest absolute Gasteiger partial charge is 0.225 e. The minimum atomic E-state index is -0.422. The van der Waals surface area contributed by atoms with E-state index in [9.17, 15) is 9.59 Å². The van der Waals surface area contributed by atoms with Crippen molar-refractivity contribution in [2.45, 2.75) is 58.5 Å². The van der Waals surface area contributed by atoms with E-state index in [-0.39, 0.29) is 11.8 Å². The second kappa shape index (κ2) is 9.85. The fourth-order valence-corrected chi connectivity index (χ4v) is 3.15. The topological polar surface area (TPSA) is 73.5 Å². The molecule has 3 N–H and O–H groups in total. The predicted octanol–water partition coefficient (Wildman–Crippen LogP) is 2.39. The molecular formula is C21H34N4O2. The Labute approximate surface area is 163 Å². The van der Waals surface area contributed by atoms with Gasteiger partial charge in [0.05, 0.1) is 0 Å². The Kier molecular flexibility index (Phi) is 7.80. The van der Waals surface area contributed by atoms with E-state index in [1.165, 1.54) is 5.56 Å². The van der Waals surface area contributed by atoms with E-state index in [1.54, 1.807) is 4.90 Å². The molecule has 6 heteroatoms. The van der Waals surface area contributed by atoms with Gasteiger partial charge in [0, 0.05) is 44.1 Å². The highest BCUT2D eigenvalue weighted by Gasteiger charge is 2.24. The maximum Gasteiger partial charge on any atom is 0.225 e. The van der Waals surface area contributed by atoms with Gasteiger partial charge in [-0.2, -0.15) is 0 Å². The first-order chi connectivity index (χ1) is 12.8. The Morgan fingerprint density at radius 1 is 1.19 bits per heavy atom. The fourth-order valence-electron chi connectivity index (χ4n) is 3.15. The molecule has 2 atom stereocenters. The van der Waals surface area contributed by atoms with E-state index < -0.39 is 5.41 Å². The van der Waals surface area contributed by atoms with E-state index in [4.69, 9.17) is 0 Å². The Hall–Kier alpha value is -1.92. The fraction of sp³-hybridized carbons (Fsp3) is 0.619. The van der Waals surface area contributed by atoms with Crippen LogP contribution >= 0.6 is 0 Å². The number of carbonyl (C=O) groups is 2. The summed E-state index contributed by atoms with van der Waals surface area (Å²) >= 11 is 0. The highest BCUT2D eigenvalue weighted by Crippen LogP contribution is 2.23. The zero-order valence-corrected chi connectivity index (χ0v) is 17.0. The van der Waals surface area contributed by atoms with Gasteiger partial charge in [0.1, 0.15) is 0 Å². The normalized spacial score (nSPS) is 19.7. The van der Waals surface area contributed by atoms with E-state index in [0.717, 1.165) is 25.8 Å². The third-order valence-corrected chi connectivity index (χ3v) is 4.96. The van der Waals surface area contributed by atoms with Crippen LogP contribution in [-0.2, 0) is 9.59 Å². The van der Waals surface area contributed by atoms with Crippen molar-refractivity contribution in [3.63, 3.8) is 0 Å². The van der Waals surface area contributed by atoms with Crippen molar-refractivity contribution in [3.8, 4) is 0 Å². The third kappa shape index (κ3) is 6.96. The van der Waals surface area contributed by atoms with Crippen LogP contribution in [0.15, 0.2) is 30.3 Å². The summed E-state index contributed by atoms with van der Waals surface area (Å²) in [7, 11) is 1.83. The van der Waals surface area contributed by atoms with Crippen LogP contribution in [-0.4, -0.2) is 42.9 Å². The molecule has 2 rings (SSSR count). The number of rotatable bonds is 8. The molecule has 0 aliphatic carbocycles. The van der Waals surface area contributed by atoms with E-state index in [0.29, 0.717) is 25.0 Å². The molecule has 1 aromatic rings. The van der Waals surface area contributed by atoms with Crippen LogP contribution in [0.1, 0.15) is 58.1 Å². The first kappa shape index (κ1) is 21.4. The zero-order chi connectivity index (χ0) is 19.9. The largest absolute Gasteiger partial charge is 0.355 e. The number of nitrogens with one attached hydrogen (secondary N) is 3. The van der Waals surface area contributed by atoms with Crippen LogP contribution in [0.25, 0.3) is 0 Å². The molecule has 1 aliphatic rings. The molecule has 0 radical (unpaired) electrons. The standard InChI is InChI=1S/C21H34N4O2/c1-21(2,3)20(27)22-13-12-19(26)25(4)14-8-11-17-15-18(24-23-17)16-9-6-5-7-10-16/h5-7,9-10,17-18,23-24H,8,11-15H2,1-4H3,(H,22,27). The quantitative estimate of drug-likeness (QED) is 0.653. The van der Waals surface area contributed by atoms with Crippen molar-refractivity contribution in [1.82, 2.24) is 21.1 Å². The summed E-state index contributed by atoms with van der Waals surface area (Å²) in [5.41, 5.74) is 7.61. The van der Waals surface area contributed by atoms with Gasteiger partial charge in [0.25, 0.3) is 0 Å². The average molecular weight is 375 g/mol. The maximum absolute atomic E-state index is 12.2. The van der Waals surface area contributed by atoms with Crippen LogP contribution in [0, 0.1) is 5.41 Å². The Morgan fingerprint density at radius 3 is 2.56 bits per heavy atom. The predicted molar refractivity (Wildman–Crippen MR) is 108 cm³/mol. The van der Waals surface area contributed by atoms with Gasteiger partial charge in [0.15, 0.2) is 0 Å². The third-order valence-electron chi connectivity index (χ3n) is 4.96. The number of nitrogens with zero attached hydrogens (tertiary/aromatic N) is 1. The maximum atomic E-state index is 12.2. The minimum Gasteiger partial charge on any atom is -0.355 e. The number of hydrogen-bond donors (Lipinski definition) is 3. The first-order valence-corrected chi connectivity index (χ1v) is 9.85. The summed E-state index contributed by atoms with van der Waals surface area (Å²) in [6.07, 6.45) is 3.38. The molecule has 6 nitrogen and oxygen atoms in total. The molecule has 150 valence electrons. The molecule has 1 fully saturated rings. The van der Waals surface area contributed by atoms with E-state index in [1.807, 2.05) is 33.9 Å². The lowest BCUT2D eigenvalue weighted by Crippen LogP contribution is -2.38. The minimum absolute atomic E-state index is 0.0225. The molecule has 2 unspecified atom stereocenters. The summed E-state index contributed by atoms with van der Waals surface area (Å²) in [4.78, 5) is 25.8. The van der Waals surface area contributed by atoms with Gasteiger partial charge in [-0.3, -0.25) is 20.4 Å². The molecule has 0 aromatic heterocycles. The van der Waals surface area contributed by atoms with E-state index >= 15 is 0 Å². The molecule has 0 bridgehead atoms. The van der Waals surface area contributed by atoms with Crippen molar-refractivity contribution >= 4 is 11.8 Å². The number of benzene rings is 1. The molecule has 1 heterocycles. The molecule has 1 saturated heterocycles. The number of hydrazine groups is 1. The molecular weight excluding hydrogens is 340 g/mol. The van der Waals surface area contributed by atoms with Crippen molar-refractivity contribution in [3.05, 3.63) is 35.9 Å². The number of amides is 2. The molecule has 1 aromatic carbocycles. The van der Waals surface area contributed by atoms with Gasteiger partial charge >= 0.3 is 0 Å². The summed E-state index contributed by atoms with van der Waals surface area (Å²) in [5.74, 6) is 0.0506. The lowest BCUT2D eigenvalue weighted by atomic mass is 9.96. The van der Waals surface area contributed by atoms with Crippen LogP contribution in [0.3, 0.4) is 0 Å². The van der Waals surface area contributed by atoms with Crippen LogP contribution < -0.4 is 16.2 Å². The molecule has 0 saturated carbocycles. The van der Waals surface area contributed by atoms with Crippen molar-refractivity contribution in [2.75, 3.05) is 20.1 Å². The Balaban J connectivity index is 1.61. The molecule has 1 aliphatic heterocycles. The zero-order valence-electron chi connectivity index (χ0n) is 17.0. The number of hydrogen-bond acceptors (Lipinski definition) is 4. The highest BCUT2D eigenvalue weighted by molar-refractivity contribution is 5.82. The second-order valence-electron chi connectivity index (χ2n) is 8.40. The first-order valence-electron chi connectivity index (χ1n) is 9.85. The van der Waals surface area contributed by atoms with Crippen molar-refractivity contribution < 1.29 is 9.59 Å².